The Bertz CT molecular complexity index is 1030. The van der Waals surface area contributed by atoms with Crippen molar-refractivity contribution in [3.05, 3.63) is 64.5 Å². The van der Waals surface area contributed by atoms with Gasteiger partial charge in [0.05, 0.1) is 41.7 Å². The molecule has 2 aliphatic rings. The average molecular weight is 422 g/mol. The lowest BCUT2D eigenvalue weighted by atomic mass is 9.93. The zero-order valence-corrected chi connectivity index (χ0v) is 15.9. The first-order chi connectivity index (χ1) is 14.2. The number of nitrogens with one attached hydrogen (secondary N) is 1. The lowest BCUT2D eigenvalue weighted by Gasteiger charge is -2.41. The third kappa shape index (κ3) is 3.44. The predicted octanol–water partition coefficient (Wildman–Crippen LogP) is 4.66. The van der Waals surface area contributed by atoms with Crippen molar-refractivity contribution in [3.8, 4) is 0 Å². The largest absolute Gasteiger partial charge is 0.507 e. The number of hydrogen-bond donors (Lipinski definition) is 2. The highest BCUT2D eigenvalue weighted by atomic mass is 19.4. The van der Waals surface area contributed by atoms with E-state index >= 15 is 0 Å². The van der Waals surface area contributed by atoms with Crippen molar-refractivity contribution in [1.82, 2.24) is 0 Å². The molecule has 0 fully saturated rings. The number of hydrogen-bond acceptors (Lipinski definition) is 5. The highest BCUT2D eigenvalue weighted by Crippen LogP contribution is 2.45. The monoisotopic (exact) mass is 422 g/mol. The minimum absolute atomic E-state index is 0.00830. The van der Waals surface area contributed by atoms with Crippen LogP contribution >= 0.6 is 0 Å². The quantitative estimate of drug-likeness (QED) is 0.556. The van der Waals surface area contributed by atoms with Crippen molar-refractivity contribution in [3.63, 3.8) is 0 Å². The molecule has 9 heteroatoms. The molecule has 30 heavy (non-hydrogen) atoms. The normalized spacial score (nSPS) is 18.0. The van der Waals surface area contributed by atoms with Gasteiger partial charge in [-0.1, -0.05) is 12.1 Å². The van der Waals surface area contributed by atoms with Crippen LogP contribution in [-0.2, 0) is 15.7 Å². The van der Waals surface area contributed by atoms with Crippen LogP contribution in [0.25, 0.3) is 5.76 Å². The van der Waals surface area contributed by atoms with Gasteiger partial charge in [0.25, 0.3) is 0 Å². The van der Waals surface area contributed by atoms with E-state index in [1.54, 1.807) is 11.8 Å². The molecule has 1 unspecified atom stereocenters. The molecule has 2 aliphatic heterocycles. The highest BCUT2D eigenvalue weighted by molar-refractivity contribution is 6.02. The van der Waals surface area contributed by atoms with E-state index in [1.165, 1.54) is 18.2 Å². The van der Waals surface area contributed by atoms with Crippen LogP contribution in [0.5, 0.6) is 0 Å². The predicted molar refractivity (Wildman–Crippen MR) is 103 cm³/mol. The van der Waals surface area contributed by atoms with E-state index in [2.05, 4.69) is 5.32 Å². The van der Waals surface area contributed by atoms with Gasteiger partial charge < -0.3 is 20.1 Å². The summed E-state index contributed by atoms with van der Waals surface area (Å²) >= 11 is 0. The van der Waals surface area contributed by atoms with E-state index in [4.69, 9.17) is 4.74 Å². The van der Waals surface area contributed by atoms with Gasteiger partial charge in [0.2, 0.25) is 0 Å². The molecule has 2 heterocycles. The Hall–Kier alpha value is -3.23. The summed E-state index contributed by atoms with van der Waals surface area (Å²) in [6, 6.07) is 6.68. The van der Waals surface area contributed by atoms with Crippen molar-refractivity contribution in [2.24, 2.45) is 0 Å². The SMILES string of the molecule is CCOC(=O)C1=C(O)c2cc(F)cc3c2N(C1)CC(c1ccc(C(F)(F)F)cc1)N3. The lowest BCUT2D eigenvalue weighted by Crippen LogP contribution is -2.41. The Kier molecular flexibility index (Phi) is 4.83. The number of carbonyl (C=O) groups is 1. The maximum Gasteiger partial charge on any atom is 0.416 e. The third-order valence-electron chi connectivity index (χ3n) is 5.18. The number of nitrogens with zero attached hydrogens (tertiary/aromatic N) is 1. The van der Waals surface area contributed by atoms with Crippen molar-refractivity contribution in [2.45, 2.75) is 19.1 Å². The Morgan fingerprint density at radius 3 is 2.60 bits per heavy atom. The number of ether oxygens (including phenoxy) is 1. The first-order valence-corrected chi connectivity index (χ1v) is 9.30. The molecule has 1 atom stereocenters. The molecule has 0 aromatic heterocycles. The van der Waals surface area contributed by atoms with Gasteiger partial charge in [-0.05, 0) is 36.8 Å². The smallest absolute Gasteiger partial charge is 0.416 e. The van der Waals surface area contributed by atoms with Gasteiger partial charge in [-0.2, -0.15) is 13.2 Å². The summed E-state index contributed by atoms with van der Waals surface area (Å²) in [6.45, 7) is 2.09. The molecular formula is C21H18F4N2O3. The van der Waals surface area contributed by atoms with Crippen molar-refractivity contribution < 1.29 is 32.2 Å². The van der Waals surface area contributed by atoms with Crippen LogP contribution in [-0.4, -0.2) is 30.8 Å². The summed E-state index contributed by atoms with van der Waals surface area (Å²) in [5, 5.41) is 13.7. The fourth-order valence-corrected chi connectivity index (χ4v) is 3.82. The topological polar surface area (TPSA) is 61.8 Å². The maximum atomic E-state index is 14.2. The Morgan fingerprint density at radius 2 is 1.97 bits per heavy atom. The zero-order valence-electron chi connectivity index (χ0n) is 15.9. The molecule has 0 bridgehead atoms. The summed E-state index contributed by atoms with van der Waals surface area (Å²) in [5.74, 6) is -1.66. The van der Waals surface area contributed by atoms with E-state index in [0.717, 1.165) is 18.2 Å². The van der Waals surface area contributed by atoms with Gasteiger partial charge >= 0.3 is 12.1 Å². The van der Waals surface area contributed by atoms with E-state index < -0.39 is 29.6 Å². The van der Waals surface area contributed by atoms with Crippen molar-refractivity contribution in [2.75, 3.05) is 29.9 Å². The Morgan fingerprint density at radius 1 is 1.27 bits per heavy atom. The summed E-state index contributed by atoms with van der Waals surface area (Å²) in [6.07, 6.45) is -4.44. The van der Waals surface area contributed by atoms with Gasteiger partial charge in [0, 0.05) is 12.1 Å². The number of rotatable bonds is 3. The molecule has 0 radical (unpaired) electrons. The van der Waals surface area contributed by atoms with Crippen LogP contribution in [0.4, 0.5) is 28.9 Å². The molecule has 158 valence electrons. The fraction of sp³-hybridized carbons (Fsp3) is 0.286. The molecule has 0 saturated carbocycles. The molecule has 0 amide bonds. The summed E-state index contributed by atoms with van der Waals surface area (Å²) in [7, 11) is 0. The first-order valence-electron chi connectivity index (χ1n) is 9.30. The number of esters is 1. The Labute approximate surface area is 169 Å². The number of alkyl halides is 3. The van der Waals surface area contributed by atoms with Gasteiger partial charge in [-0.25, -0.2) is 9.18 Å². The average Bonchev–Trinajstić information content (AvgIpc) is 2.69. The number of halogens is 4. The van der Waals surface area contributed by atoms with E-state index in [1.807, 2.05) is 0 Å². The van der Waals surface area contributed by atoms with Crippen LogP contribution < -0.4 is 10.2 Å². The van der Waals surface area contributed by atoms with Crippen molar-refractivity contribution in [1.29, 1.82) is 0 Å². The van der Waals surface area contributed by atoms with Gasteiger partial charge in [-0.15, -0.1) is 0 Å². The fourth-order valence-electron chi connectivity index (χ4n) is 3.82. The summed E-state index contributed by atoms with van der Waals surface area (Å²) in [5.41, 5.74) is 0.912. The molecule has 5 nitrogen and oxygen atoms in total. The molecule has 2 aromatic carbocycles. The zero-order chi connectivity index (χ0) is 21.6. The van der Waals surface area contributed by atoms with Gasteiger partial charge in [0.15, 0.2) is 0 Å². The molecule has 4 rings (SSSR count). The second-order valence-corrected chi connectivity index (χ2v) is 7.09. The number of carbonyl (C=O) groups excluding carboxylic acids is 1. The van der Waals surface area contributed by atoms with Crippen LogP contribution in [0.15, 0.2) is 42.0 Å². The van der Waals surface area contributed by atoms with E-state index in [9.17, 15) is 27.5 Å². The van der Waals surface area contributed by atoms with Crippen LogP contribution in [0, 0.1) is 5.82 Å². The molecule has 0 aliphatic carbocycles. The second-order valence-electron chi connectivity index (χ2n) is 7.09. The lowest BCUT2D eigenvalue weighted by molar-refractivity contribution is -0.139. The van der Waals surface area contributed by atoms with Gasteiger partial charge in [-0.3, -0.25) is 0 Å². The highest BCUT2D eigenvalue weighted by Gasteiger charge is 2.36. The standard InChI is InChI=1S/C21H18F4N2O3/c1-2-30-20(29)15-9-27-10-17(11-3-5-12(6-4-11)21(23,24)25)26-16-8-13(22)7-14(18(16)27)19(15)28/h3-8,17,26,28H,2,9-10H2,1H3. The van der Waals surface area contributed by atoms with E-state index in [-0.39, 0.29) is 30.0 Å². The van der Waals surface area contributed by atoms with E-state index in [0.29, 0.717) is 23.5 Å². The molecule has 2 N–H and O–H groups in total. The molecule has 0 saturated heterocycles. The first kappa shape index (κ1) is 20.1. The third-order valence-corrected chi connectivity index (χ3v) is 5.18. The minimum atomic E-state index is -4.44. The number of aliphatic hydroxyl groups is 1. The van der Waals surface area contributed by atoms with Crippen LogP contribution in [0.1, 0.15) is 29.7 Å². The number of benzene rings is 2. The number of aliphatic hydroxyl groups excluding tert-OH is 1. The Balaban J connectivity index is 1.72. The second kappa shape index (κ2) is 7.23. The summed E-state index contributed by atoms with van der Waals surface area (Å²) < 4.78 is 57.8. The minimum Gasteiger partial charge on any atom is -0.507 e. The molecule has 2 aromatic rings. The van der Waals surface area contributed by atoms with Crippen molar-refractivity contribution >= 4 is 23.1 Å². The molecular weight excluding hydrogens is 404 g/mol. The number of anilines is 2. The van der Waals surface area contributed by atoms with Gasteiger partial charge in [0.1, 0.15) is 11.6 Å². The van der Waals surface area contributed by atoms with Crippen LogP contribution in [0.2, 0.25) is 0 Å². The van der Waals surface area contributed by atoms with Crippen LogP contribution in [0.3, 0.4) is 0 Å². The summed E-state index contributed by atoms with van der Waals surface area (Å²) in [4.78, 5) is 14.1. The molecule has 0 spiro atoms. The maximum absolute atomic E-state index is 14.2.